The average molecular weight is 439 g/mol. The van der Waals surface area contributed by atoms with Gasteiger partial charge in [0.1, 0.15) is 11.5 Å². The molecule has 0 aliphatic carbocycles. The van der Waals surface area contributed by atoms with Crippen LogP contribution in [0, 0.1) is 12.7 Å². The highest BCUT2D eigenvalue weighted by atomic mass is 19.1. The number of hydrogen-bond donors (Lipinski definition) is 0. The molecule has 0 amide bonds. The summed E-state index contributed by atoms with van der Waals surface area (Å²) in [7, 11) is 0. The predicted octanol–water partition coefficient (Wildman–Crippen LogP) is 5.50. The first-order valence-electron chi connectivity index (χ1n) is 11.1. The lowest BCUT2D eigenvalue weighted by Gasteiger charge is -2.28. The van der Waals surface area contributed by atoms with Gasteiger partial charge in [0.2, 0.25) is 0 Å². The quantitative estimate of drug-likeness (QED) is 0.373. The van der Waals surface area contributed by atoms with E-state index in [1.54, 1.807) is 12.1 Å². The zero-order valence-corrected chi connectivity index (χ0v) is 18.3. The van der Waals surface area contributed by atoms with Gasteiger partial charge in [0.05, 0.1) is 30.6 Å². The van der Waals surface area contributed by atoms with Crippen LogP contribution >= 0.6 is 0 Å². The molecule has 5 nitrogen and oxygen atoms in total. The predicted molar refractivity (Wildman–Crippen MR) is 129 cm³/mol. The van der Waals surface area contributed by atoms with Gasteiger partial charge >= 0.3 is 0 Å². The highest BCUT2D eigenvalue weighted by molar-refractivity contribution is 5.94. The molecule has 0 bridgehead atoms. The minimum atomic E-state index is -0.272. The third-order valence-electron chi connectivity index (χ3n) is 6.26. The molecule has 164 valence electrons. The van der Waals surface area contributed by atoms with Crippen molar-refractivity contribution in [2.45, 2.75) is 6.92 Å². The summed E-state index contributed by atoms with van der Waals surface area (Å²) >= 11 is 0. The first-order chi connectivity index (χ1) is 16.2. The van der Waals surface area contributed by atoms with Gasteiger partial charge in [0, 0.05) is 41.6 Å². The van der Waals surface area contributed by atoms with Crippen LogP contribution in [-0.4, -0.2) is 40.7 Å². The molecular weight excluding hydrogens is 415 g/mol. The number of benzene rings is 2. The largest absolute Gasteiger partial charge is 0.378 e. The molecule has 0 N–H and O–H groups in total. The highest BCUT2D eigenvalue weighted by Crippen LogP contribution is 2.31. The number of pyridine rings is 2. The topological polar surface area (TPSA) is 42.7 Å². The summed E-state index contributed by atoms with van der Waals surface area (Å²) in [6.07, 6.45) is 3.88. The van der Waals surface area contributed by atoms with Gasteiger partial charge < -0.3 is 9.64 Å². The van der Waals surface area contributed by atoms with Crippen molar-refractivity contribution in [1.82, 2.24) is 14.4 Å². The molecule has 3 aromatic heterocycles. The molecule has 1 saturated heterocycles. The Bertz CT molecular complexity index is 1470. The number of rotatable bonds is 3. The van der Waals surface area contributed by atoms with Crippen LogP contribution in [0.4, 0.5) is 10.1 Å². The second-order valence-corrected chi connectivity index (χ2v) is 8.41. The Balaban J connectivity index is 1.38. The summed E-state index contributed by atoms with van der Waals surface area (Å²) < 4.78 is 21.5. The summed E-state index contributed by atoms with van der Waals surface area (Å²) in [5.74, 6) is -0.272. The van der Waals surface area contributed by atoms with E-state index in [9.17, 15) is 4.39 Å². The van der Waals surface area contributed by atoms with Crippen LogP contribution in [0.3, 0.4) is 0 Å². The average Bonchev–Trinajstić information content (AvgIpc) is 3.28. The van der Waals surface area contributed by atoms with Crippen LogP contribution in [0.1, 0.15) is 5.69 Å². The Hall–Kier alpha value is -3.77. The minimum absolute atomic E-state index is 0.272. The van der Waals surface area contributed by atoms with Gasteiger partial charge in [-0.25, -0.2) is 9.37 Å². The fraction of sp³-hybridized carbons (Fsp3) is 0.185. The van der Waals surface area contributed by atoms with Gasteiger partial charge in [-0.3, -0.25) is 9.38 Å². The van der Waals surface area contributed by atoms with E-state index in [1.807, 2.05) is 29.8 Å². The highest BCUT2D eigenvalue weighted by Gasteiger charge is 2.14. The summed E-state index contributed by atoms with van der Waals surface area (Å²) in [4.78, 5) is 11.6. The number of imidazole rings is 1. The maximum atomic E-state index is 14.0. The maximum Gasteiger partial charge on any atom is 0.137 e. The van der Waals surface area contributed by atoms with Crippen molar-refractivity contribution in [2.24, 2.45) is 0 Å². The third-order valence-corrected chi connectivity index (χ3v) is 6.26. The smallest absolute Gasteiger partial charge is 0.137 e. The number of halogens is 1. The maximum absolute atomic E-state index is 14.0. The molecule has 0 saturated carbocycles. The molecule has 1 aliphatic heterocycles. The molecular formula is C27H23FN4O. The molecule has 4 heterocycles. The monoisotopic (exact) mass is 438 g/mol. The second kappa shape index (κ2) is 7.98. The second-order valence-electron chi connectivity index (χ2n) is 8.41. The van der Waals surface area contributed by atoms with Crippen LogP contribution in [0.2, 0.25) is 0 Å². The van der Waals surface area contributed by atoms with E-state index < -0.39 is 0 Å². The Kier molecular flexibility index (Phi) is 4.80. The van der Waals surface area contributed by atoms with E-state index in [-0.39, 0.29) is 5.82 Å². The zero-order valence-electron chi connectivity index (χ0n) is 18.3. The Labute approximate surface area is 191 Å². The number of fused-ring (bicyclic) bond motifs is 2. The van der Waals surface area contributed by atoms with Crippen molar-refractivity contribution in [1.29, 1.82) is 0 Å². The summed E-state index contributed by atoms with van der Waals surface area (Å²) in [6.45, 7) is 5.36. The van der Waals surface area contributed by atoms with E-state index in [1.165, 1.54) is 11.8 Å². The first kappa shape index (κ1) is 19.9. The molecule has 1 fully saturated rings. The Morgan fingerprint density at radius 2 is 1.73 bits per heavy atom. The summed E-state index contributed by atoms with van der Waals surface area (Å²) in [5, 5.41) is 0.783. The summed E-state index contributed by atoms with van der Waals surface area (Å²) in [5.41, 5.74) is 7.82. The lowest BCUT2D eigenvalue weighted by Crippen LogP contribution is -2.36. The van der Waals surface area contributed by atoms with Crippen molar-refractivity contribution in [3.63, 3.8) is 0 Å². The zero-order chi connectivity index (χ0) is 22.4. The fourth-order valence-electron chi connectivity index (χ4n) is 4.59. The number of aromatic nitrogens is 3. The number of morpholine rings is 1. The Morgan fingerprint density at radius 3 is 2.55 bits per heavy atom. The lowest BCUT2D eigenvalue weighted by molar-refractivity contribution is 0.122. The molecule has 0 atom stereocenters. The molecule has 1 aliphatic rings. The van der Waals surface area contributed by atoms with E-state index in [0.29, 0.717) is 0 Å². The number of aryl methyl sites for hydroxylation is 1. The first-order valence-corrected chi connectivity index (χ1v) is 11.1. The van der Waals surface area contributed by atoms with Gasteiger partial charge in [-0.1, -0.05) is 12.1 Å². The number of nitrogens with zero attached hydrogens (tertiary/aromatic N) is 4. The minimum Gasteiger partial charge on any atom is -0.378 e. The van der Waals surface area contributed by atoms with E-state index in [2.05, 4.69) is 51.3 Å². The molecule has 6 heteroatoms. The molecule has 6 rings (SSSR count). The van der Waals surface area contributed by atoms with Gasteiger partial charge in [0.15, 0.2) is 0 Å². The van der Waals surface area contributed by atoms with Crippen LogP contribution in [-0.2, 0) is 4.74 Å². The van der Waals surface area contributed by atoms with Crippen molar-refractivity contribution in [3.05, 3.63) is 84.6 Å². The lowest BCUT2D eigenvalue weighted by atomic mass is 10.0. The van der Waals surface area contributed by atoms with Crippen LogP contribution in [0.25, 0.3) is 38.9 Å². The molecule has 5 aromatic rings. The third kappa shape index (κ3) is 3.62. The van der Waals surface area contributed by atoms with Gasteiger partial charge in [-0.05, 0) is 66.6 Å². The van der Waals surface area contributed by atoms with Crippen molar-refractivity contribution in [3.8, 4) is 22.4 Å². The standard InChI is InChI=1S/C27H23FN4O/c1-18-14-24(23-16-21(28)4-7-25(23)30-18)26-17-29-27-15-20(8-9-32(26)27)19-2-5-22(6-3-19)31-10-12-33-13-11-31/h2-9,14-17H,10-13H2,1H3. The number of ether oxygens (including phenoxy) is 1. The van der Waals surface area contributed by atoms with Gasteiger partial charge in [0.25, 0.3) is 0 Å². The SMILES string of the molecule is Cc1cc(-c2cnc3cc(-c4ccc(N5CCOCC5)cc4)ccn23)c2cc(F)ccc2n1. The van der Waals surface area contributed by atoms with Crippen molar-refractivity contribution in [2.75, 3.05) is 31.2 Å². The molecule has 33 heavy (non-hydrogen) atoms. The van der Waals surface area contributed by atoms with Gasteiger partial charge in [-0.15, -0.1) is 0 Å². The van der Waals surface area contributed by atoms with Crippen molar-refractivity contribution < 1.29 is 9.13 Å². The number of anilines is 1. The van der Waals surface area contributed by atoms with E-state index >= 15 is 0 Å². The summed E-state index contributed by atoms with van der Waals surface area (Å²) in [6, 6.07) is 19.5. The van der Waals surface area contributed by atoms with Crippen LogP contribution in [0.5, 0.6) is 0 Å². The van der Waals surface area contributed by atoms with E-state index in [4.69, 9.17) is 4.74 Å². The van der Waals surface area contributed by atoms with Crippen LogP contribution in [0.15, 0.2) is 73.1 Å². The molecule has 0 spiro atoms. The van der Waals surface area contributed by atoms with Crippen molar-refractivity contribution >= 4 is 22.2 Å². The molecule has 0 unspecified atom stereocenters. The normalized spacial score (nSPS) is 14.3. The van der Waals surface area contributed by atoms with E-state index in [0.717, 1.165) is 70.9 Å². The molecule has 2 aromatic carbocycles. The number of hydrogen-bond acceptors (Lipinski definition) is 4. The van der Waals surface area contributed by atoms with Gasteiger partial charge in [-0.2, -0.15) is 0 Å². The molecule has 0 radical (unpaired) electrons. The Morgan fingerprint density at radius 1 is 0.909 bits per heavy atom. The van der Waals surface area contributed by atoms with Crippen LogP contribution < -0.4 is 4.90 Å². The fourth-order valence-corrected chi connectivity index (χ4v) is 4.59.